The Hall–Kier alpha value is -1.59. The normalized spacial score (nSPS) is 18.1. The van der Waals surface area contributed by atoms with Gasteiger partial charge in [-0.3, -0.25) is 9.69 Å². The van der Waals surface area contributed by atoms with Crippen LogP contribution in [0.1, 0.15) is 39.0 Å². The number of amides is 1. The Morgan fingerprint density at radius 1 is 1.43 bits per heavy atom. The van der Waals surface area contributed by atoms with Crippen LogP contribution in [-0.2, 0) is 4.79 Å². The van der Waals surface area contributed by atoms with E-state index in [1.807, 2.05) is 31.2 Å². The molecule has 1 amide bonds. The molecule has 1 fully saturated rings. The maximum absolute atomic E-state index is 12.2. The highest BCUT2D eigenvalue weighted by Crippen LogP contribution is 2.24. The molecule has 1 aliphatic rings. The number of carbonyl (C=O) groups is 1. The van der Waals surface area contributed by atoms with E-state index in [2.05, 4.69) is 10.2 Å². The van der Waals surface area contributed by atoms with Gasteiger partial charge in [0, 0.05) is 25.6 Å². The Balaban J connectivity index is 1.81. The molecule has 5 heteroatoms. The van der Waals surface area contributed by atoms with Gasteiger partial charge in [-0.05, 0) is 51.3 Å². The average Bonchev–Trinajstić information content (AvgIpc) is 3.00. The lowest BCUT2D eigenvalue weighted by Gasteiger charge is -2.24. The number of ether oxygens (including phenoxy) is 1. The summed E-state index contributed by atoms with van der Waals surface area (Å²) in [5.41, 5.74) is 0.734. The molecule has 23 heavy (non-hydrogen) atoms. The van der Waals surface area contributed by atoms with Crippen LogP contribution in [0.2, 0.25) is 0 Å². The summed E-state index contributed by atoms with van der Waals surface area (Å²) in [5, 5.41) is 11.9. The van der Waals surface area contributed by atoms with Gasteiger partial charge in [0.15, 0.2) is 0 Å². The number of carbonyl (C=O) groups excluding carboxylic acids is 1. The van der Waals surface area contributed by atoms with Crippen LogP contribution in [0.15, 0.2) is 24.3 Å². The molecule has 0 radical (unpaired) electrons. The van der Waals surface area contributed by atoms with E-state index in [0.717, 1.165) is 31.6 Å². The number of benzene rings is 1. The lowest BCUT2D eigenvalue weighted by molar-refractivity contribution is -0.116. The van der Waals surface area contributed by atoms with Crippen molar-refractivity contribution in [2.45, 2.75) is 45.1 Å². The summed E-state index contributed by atoms with van der Waals surface area (Å²) in [6, 6.07) is 8.04. The standard InChI is InChI=1S/C18H28N2O3/c1-2-23-17-10-4-3-9-16(17)19-18(22)11-13-20-12-5-7-15(20)8-6-14-21/h3-4,9-10,15,21H,2,5-8,11-14H2,1H3,(H,19,22). The van der Waals surface area contributed by atoms with Gasteiger partial charge in [0.2, 0.25) is 5.91 Å². The molecule has 1 atom stereocenters. The van der Waals surface area contributed by atoms with Crippen molar-refractivity contribution < 1.29 is 14.6 Å². The van der Waals surface area contributed by atoms with Gasteiger partial charge in [-0.1, -0.05) is 12.1 Å². The summed E-state index contributed by atoms with van der Waals surface area (Å²) < 4.78 is 5.53. The second-order valence-corrected chi connectivity index (χ2v) is 5.93. The topological polar surface area (TPSA) is 61.8 Å². The highest BCUT2D eigenvalue weighted by atomic mass is 16.5. The zero-order chi connectivity index (χ0) is 16.5. The number of aliphatic hydroxyl groups excluding tert-OH is 1. The van der Waals surface area contributed by atoms with Crippen LogP contribution in [0.5, 0.6) is 5.75 Å². The van der Waals surface area contributed by atoms with Crippen LogP contribution in [0.4, 0.5) is 5.69 Å². The molecule has 0 aromatic heterocycles. The molecule has 1 saturated heterocycles. The van der Waals surface area contributed by atoms with E-state index in [0.29, 0.717) is 24.8 Å². The van der Waals surface area contributed by atoms with Crippen LogP contribution in [0, 0.1) is 0 Å². The van der Waals surface area contributed by atoms with Gasteiger partial charge in [0.25, 0.3) is 0 Å². The van der Waals surface area contributed by atoms with E-state index in [1.165, 1.54) is 12.8 Å². The second kappa shape index (κ2) is 9.53. The summed E-state index contributed by atoms with van der Waals surface area (Å²) in [5.74, 6) is 0.732. The van der Waals surface area contributed by atoms with E-state index in [-0.39, 0.29) is 12.5 Å². The molecule has 128 valence electrons. The van der Waals surface area contributed by atoms with Crippen molar-refractivity contribution in [3.8, 4) is 5.75 Å². The first kappa shape index (κ1) is 17.8. The molecule has 1 unspecified atom stereocenters. The van der Waals surface area contributed by atoms with Crippen molar-refractivity contribution in [2.75, 3.05) is 31.6 Å². The van der Waals surface area contributed by atoms with Crippen molar-refractivity contribution in [2.24, 2.45) is 0 Å². The smallest absolute Gasteiger partial charge is 0.225 e. The van der Waals surface area contributed by atoms with Crippen molar-refractivity contribution in [1.29, 1.82) is 0 Å². The van der Waals surface area contributed by atoms with Gasteiger partial charge >= 0.3 is 0 Å². The predicted octanol–water partition coefficient (Wildman–Crippen LogP) is 2.65. The molecule has 2 rings (SSSR count). The number of para-hydroxylation sites is 2. The summed E-state index contributed by atoms with van der Waals surface area (Å²) in [6.45, 7) is 4.59. The SMILES string of the molecule is CCOc1ccccc1NC(=O)CCN1CCCC1CCCO. The predicted molar refractivity (Wildman–Crippen MR) is 91.8 cm³/mol. The number of likely N-dealkylation sites (tertiary alicyclic amines) is 1. The fourth-order valence-corrected chi connectivity index (χ4v) is 3.15. The number of anilines is 1. The van der Waals surface area contributed by atoms with E-state index < -0.39 is 0 Å². The van der Waals surface area contributed by atoms with E-state index in [9.17, 15) is 4.79 Å². The zero-order valence-corrected chi connectivity index (χ0v) is 14.0. The fourth-order valence-electron chi connectivity index (χ4n) is 3.15. The third-order valence-corrected chi connectivity index (χ3v) is 4.28. The van der Waals surface area contributed by atoms with E-state index in [1.54, 1.807) is 0 Å². The average molecular weight is 320 g/mol. The van der Waals surface area contributed by atoms with Crippen LogP contribution in [-0.4, -0.2) is 48.3 Å². The van der Waals surface area contributed by atoms with Gasteiger partial charge in [-0.2, -0.15) is 0 Å². The van der Waals surface area contributed by atoms with Crippen LogP contribution in [0.25, 0.3) is 0 Å². The fraction of sp³-hybridized carbons (Fsp3) is 0.611. The zero-order valence-electron chi connectivity index (χ0n) is 14.0. The Morgan fingerprint density at radius 2 is 2.26 bits per heavy atom. The second-order valence-electron chi connectivity index (χ2n) is 5.93. The molecule has 0 saturated carbocycles. The van der Waals surface area contributed by atoms with Crippen molar-refractivity contribution in [1.82, 2.24) is 4.90 Å². The number of nitrogens with one attached hydrogen (secondary N) is 1. The molecule has 0 aliphatic carbocycles. The molecule has 1 aromatic rings. The first-order valence-electron chi connectivity index (χ1n) is 8.61. The van der Waals surface area contributed by atoms with E-state index in [4.69, 9.17) is 9.84 Å². The van der Waals surface area contributed by atoms with Gasteiger partial charge in [0.1, 0.15) is 5.75 Å². The quantitative estimate of drug-likeness (QED) is 0.734. The molecular weight excluding hydrogens is 292 g/mol. The first-order chi connectivity index (χ1) is 11.2. The third-order valence-electron chi connectivity index (χ3n) is 4.28. The number of hydrogen-bond donors (Lipinski definition) is 2. The third kappa shape index (κ3) is 5.52. The van der Waals surface area contributed by atoms with Crippen molar-refractivity contribution in [3.63, 3.8) is 0 Å². The van der Waals surface area contributed by atoms with Crippen molar-refractivity contribution in [3.05, 3.63) is 24.3 Å². The minimum atomic E-state index is 0.0185. The Kier molecular flexibility index (Phi) is 7.36. The summed E-state index contributed by atoms with van der Waals surface area (Å²) in [4.78, 5) is 14.6. The van der Waals surface area contributed by atoms with Crippen molar-refractivity contribution >= 4 is 11.6 Å². The monoisotopic (exact) mass is 320 g/mol. The summed E-state index contributed by atoms with van der Waals surface area (Å²) >= 11 is 0. The summed E-state index contributed by atoms with van der Waals surface area (Å²) in [6.07, 6.45) is 4.70. The lowest BCUT2D eigenvalue weighted by Crippen LogP contribution is -2.32. The largest absolute Gasteiger partial charge is 0.492 e. The molecule has 0 spiro atoms. The van der Waals surface area contributed by atoms with Gasteiger partial charge in [-0.25, -0.2) is 0 Å². The van der Waals surface area contributed by atoms with E-state index >= 15 is 0 Å². The maximum atomic E-state index is 12.2. The number of nitrogens with zero attached hydrogens (tertiary/aromatic N) is 1. The molecule has 5 nitrogen and oxygen atoms in total. The number of hydrogen-bond acceptors (Lipinski definition) is 4. The highest BCUT2D eigenvalue weighted by molar-refractivity contribution is 5.92. The highest BCUT2D eigenvalue weighted by Gasteiger charge is 2.24. The van der Waals surface area contributed by atoms with Gasteiger partial charge in [0.05, 0.1) is 12.3 Å². The summed E-state index contributed by atoms with van der Waals surface area (Å²) in [7, 11) is 0. The van der Waals surface area contributed by atoms with Gasteiger partial charge < -0.3 is 15.2 Å². The molecule has 1 heterocycles. The molecule has 1 aliphatic heterocycles. The Bertz CT molecular complexity index is 493. The molecular formula is C18H28N2O3. The Morgan fingerprint density at radius 3 is 3.04 bits per heavy atom. The lowest BCUT2D eigenvalue weighted by atomic mass is 10.1. The van der Waals surface area contributed by atoms with Crippen LogP contribution >= 0.6 is 0 Å². The number of aliphatic hydroxyl groups is 1. The van der Waals surface area contributed by atoms with Gasteiger partial charge in [-0.15, -0.1) is 0 Å². The molecule has 2 N–H and O–H groups in total. The minimum Gasteiger partial charge on any atom is -0.492 e. The Labute approximate surface area is 138 Å². The first-order valence-corrected chi connectivity index (χ1v) is 8.61. The number of rotatable bonds is 9. The maximum Gasteiger partial charge on any atom is 0.225 e. The van der Waals surface area contributed by atoms with Crippen LogP contribution in [0.3, 0.4) is 0 Å². The molecule has 0 bridgehead atoms. The molecule has 1 aromatic carbocycles. The van der Waals surface area contributed by atoms with Crippen LogP contribution < -0.4 is 10.1 Å². The minimum absolute atomic E-state index is 0.0185.